The summed E-state index contributed by atoms with van der Waals surface area (Å²) in [7, 11) is 0. The van der Waals surface area contributed by atoms with E-state index >= 15 is 0 Å². The summed E-state index contributed by atoms with van der Waals surface area (Å²) in [5, 5.41) is 2.70. The Balaban J connectivity index is 2.01. The molecule has 0 saturated carbocycles. The Bertz CT molecular complexity index is 708. The second kappa shape index (κ2) is 9.15. The van der Waals surface area contributed by atoms with Crippen molar-refractivity contribution in [1.29, 1.82) is 0 Å². The SMILES string of the molecule is CC(C)(C)OC(=O)[C@H](COCc1ccccc1)NC(=O)c1ccccc1. The minimum Gasteiger partial charge on any atom is -0.458 e. The minimum absolute atomic E-state index is 0.0301. The molecule has 0 aliphatic heterocycles. The Hall–Kier alpha value is -2.66. The van der Waals surface area contributed by atoms with Gasteiger partial charge in [0.2, 0.25) is 0 Å². The molecule has 0 bridgehead atoms. The Labute approximate surface area is 154 Å². The van der Waals surface area contributed by atoms with E-state index in [2.05, 4.69) is 5.32 Å². The molecule has 1 amide bonds. The van der Waals surface area contributed by atoms with Crippen LogP contribution in [0, 0.1) is 0 Å². The van der Waals surface area contributed by atoms with Crippen molar-refractivity contribution >= 4 is 11.9 Å². The van der Waals surface area contributed by atoms with Gasteiger partial charge < -0.3 is 14.8 Å². The number of carbonyl (C=O) groups excluding carboxylic acids is 2. The Morgan fingerprint density at radius 3 is 2.12 bits per heavy atom. The van der Waals surface area contributed by atoms with Crippen LogP contribution in [0.2, 0.25) is 0 Å². The van der Waals surface area contributed by atoms with Crippen molar-refractivity contribution in [3.63, 3.8) is 0 Å². The highest BCUT2D eigenvalue weighted by molar-refractivity contribution is 5.96. The highest BCUT2D eigenvalue weighted by atomic mass is 16.6. The number of nitrogens with one attached hydrogen (secondary N) is 1. The van der Waals surface area contributed by atoms with Gasteiger partial charge in [0, 0.05) is 5.56 Å². The van der Waals surface area contributed by atoms with Crippen LogP contribution in [0.1, 0.15) is 36.7 Å². The molecule has 2 rings (SSSR count). The first-order chi connectivity index (χ1) is 12.3. The van der Waals surface area contributed by atoms with Crippen LogP contribution in [0.3, 0.4) is 0 Å². The second-order valence-electron chi connectivity index (χ2n) is 6.93. The number of carbonyl (C=O) groups is 2. The number of ether oxygens (including phenoxy) is 2. The predicted molar refractivity (Wildman–Crippen MR) is 99.6 cm³/mol. The lowest BCUT2D eigenvalue weighted by Gasteiger charge is -2.24. The fourth-order valence-corrected chi connectivity index (χ4v) is 2.24. The monoisotopic (exact) mass is 355 g/mol. The number of hydrogen-bond donors (Lipinski definition) is 1. The second-order valence-corrected chi connectivity index (χ2v) is 6.93. The lowest BCUT2D eigenvalue weighted by atomic mass is 10.1. The van der Waals surface area contributed by atoms with Crippen LogP contribution >= 0.6 is 0 Å². The molecule has 0 saturated heterocycles. The summed E-state index contributed by atoms with van der Waals surface area (Å²) in [6, 6.07) is 17.5. The highest BCUT2D eigenvalue weighted by Crippen LogP contribution is 2.10. The van der Waals surface area contributed by atoms with Crippen LogP contribution in [0.5, 0.6) is 0 Å². The molecule has 0 heterocycles. The molecule has 1 atom stereocenters. The van der Waals surface area contributed by atoms with Crippen molar-refractivity contribution < 1.29 is 19.1 Å². The normalized spacial score (nSPS) is 12.3. The number of amides is 1. The lowest BCUT2D eigenvalue weighted by Crippen LogP contribution is -2.47. The van der Waals surface area contributed by atoms with Gasteiger partial charge in [-0.2, -0.15) is 0 Å². The predicted octanol–water partition coefficient (Wildman–Crippen LogP) is 3.34. The summed E-state index contributed by atoms with van der Waals surface area (Å²) in [6.45, 7) is 5.73. The van der Waals surface area contributed by atoms with Gasteiger partial charge in [0.1, 0.15) is 5.60 Å². The molecule has 138 valence electrons. The van der Waals surface area contributed by atoms with Crippen LogP contribution in [0.15, 0.2) is 60.7 Å². The molecule has 0 aliphatic carbocycles. The van der Waals surface area contributed by atoms with Gasteiger partial charge in [-0.25, -0.2) is 4.79 Å². The van der Waals surface area contributed by atoms with E-state index < -0.39 is 17.6 Å². The van der Waals surface area contributed by atoms with Gasteiger partial charge >= 0.3 is 5.97 Å². The van der Waals surface area contributed by atoms with E-state index in [1.807, 2.05) is 36.4 Å². The molecule has 5 nitrogen and oxygen atoms in total. The average Bonchev–Trinajstić information content (AvgIpc) is 2.61. The maximum Gasteiger partial charge on any atom is 0.331 e. The zero-order valence-corrected chi connectivity index (χ0v) is 15.4. The molecular weight excluding hydrogens is 330 g/mol. The van der Waals surface area contributed by atoms with E-state index in [0.29, 0.717) is 12.2 Å². The molecule has 5 heteroatoms. The fourth-order valence-electron chi connectivity index (χ4n) is 2.24. The summed E-state index contributed by atoms with van der Waals surface area (Å²) in [6.07, 6.45) is 0. The van der Waals surface area contributed by atoms with Gasteiger partial charge in [-0.15, -0.1) is 0 Å². The van der Waals surface area contributed by atoms with Gasteiger partial charge in [0.05, 0.1) is 13.2 Å². The van der Waals surface area contributed by atoms with Crippen molar-refractivity contribution in [2.75, 3.05) is 6.61 Å². The number of esters is 1. The molecule has 0 unspecified atom stereocenters. The first-order valence-corrected chi connectivity index (χ1v) is 8.55. The van der Waals surface area contributed by atoms with E-state index in [-0.39, 0.29) is 12.5 Å². The first kappa shape index (κ1) is 19.7. The smallest absolute Gasteiger partial charge is 0.331 e. The summed E-state index contributed by atoms with van der Waals surface area (Å²) in [5.74, 6) is -0.861. The molecule has 0 fully saturated rings. The van der Waals surface area contributed by atoms with Gasteiger partial charge in [0.25, 0.3) is 5.91 Å². The largest absolute Gasteiger partial charge is 0.458 e. The third kappa shape index (κ3) is 6.69. The van der Waals surface area contributed by atoms with Gasteiger partial charge in [-0.05, 0) is 38.5 Å². The van der Waals surface area contributed by atoms with Crippen molar-refractivity contribution in [3.05, 3.63) is 71.8 Å². The van der Waals surface area contributed by atoms with Gasteiger partial charge in [-0.3, -0.25) is 4.79 Å². The molecule has 0 aromatic heterocycles. The third-order valence-corrected chi connectivity index (χ3v) is 3.43. The molecule has 2 aromatic rings. The summed E-state index contributed by atoms with van der Waals surface area (Å²) >= 11 is 0. The van der Waals surface area contributed by atoms with E-state index in [1.54, 1.807) is 45.0 Å². The number of rotatable bonds is 7. The van der Waals surface area contributed by atoms with Gasteiger partial charge in [-0.1, -0.05) is 48.5 Å². The van der Waals surface area contributed by atoms with E-state index in [4.69, 9.17) is 9.47 Å². The highest BCUT2D eigenvalue weighted by Gasteiger charge is 2.27. The van der Waals surface area contributed by atoms with Crippen molar-refractivity contribution in [1.82, 2.24) is 5.32 Å². The lowest BCUT2D eigenvalue weighted by molar-refractivity contribution is -0.159. The third-order valence-electron chi connectivity index (χ3n) is 3.43. The molecule has 26 heavy (non-hydrogen) atoms. The van der Waals surface area contributed by atoms with E-state index in [1.165, 1.54) is 0 Å². The van der Waals surface area contributed by atoms with E-state index in [0.717, 1.165) is 5.56 Å². The van der Waals surface area contributed by atoms with Crippen LogP contribution in [-0.4, -0.2) is 30.1 Å². The fraction of sp³-hybridized carbons (Fsp3) is 0.333. The van der Waals surface area contributed by atoms with Crippen molar-refractivity contribution in [3.8, 4) is 0 Å². The zero-order valence-electron chi connectivity index (χ0n) is 15.4. The molecule has 1 N–H and O–H groups in total. The standard InChI is InChI=1S/C21H25NO4/c1-21(2,3)26-20(24)18(15-25-14-16-10-6-4-7-11-16)22-19(23)17-12-8-5-9-13-17/h4-13,18H,14-15H2,1-3H3,(H,22,23)/t18-/m0/s1. The maximum atomic E-state index is 12.5. The summed E-state index contributed by atoms with van der Waals surface area (Å²) in [4.78, 5) is 24.8. The Kier molecular flexibility index (Phi) is 6.92. The first-order valence-electron chi connectivity index (χ1n) is 8.55. The van der Waals surface area contributed by atoms with Crippen LogP contribution < -0.4 is 5.32 Å². The molecule has 0 radical (unpaired) electrons. The Morgan fingerprint density at radius 2 is 1.54 bits per heavy atom. The quantitative estimate of drug-likeness (QED) is 0.774. The van der Waals surface area contributed by atoms with Gasteiger partial charge in [0.15, 0.2) is 6.04 Å². The Morgan fingerprint density at radius 1 is 0.962 bits per heavy atom. The molecule has 0 spiro atoms. The van der Waals surface area contributed by atoms with E-state index in [9.17, 15) is 9.59 Å². The number of benzene rings is 2. The average molecular weight is 355 g/mol. The van der Waals surface area contributed by atoms with Crippen LogP contribution in [0.25, 0.3) is 0 Å². The van der Waals surface area contributed by atoms with Crippen molar-refractivity contribution in [2.24, 2.45) is 0 Å². The maximum absolute atomic E-state index is 12.5. The van der Waals surface area contributed by atoms with Crippen molar-refractivity contribution in [2.45, 2.75) is 39.0 Å². The molecule has 2 aromatic carbocycles. The van der Waals surface area contributed by atoms with Crippen LogP contribution in [-0.2, 0) is 20.9 Å². The zero-order chi connectivity index (χ0) is 19.0. The summed E-state index contributed by atoms with van der Waals surface area (Å²) in [5.41, 5.74) is 0.820. The molecular formula is C21H25NO4. The topological polar surface area (TPSA) is 64.6 Å². The van der Waals surface area contributed by atoms with Crippen LogP contribution in [0.4, 0.5) is 0 Å². The molecule has 0 aliphatic rings. The summed E-state index contributed by atoms with van der Waals surface area (Å²) < 4.78 is 11.0. The number of hydrogen-bond acceptors (Lipinski definition) is 4. The minimum atomic E-state index is -0.884.